The van der Waals surface area contributed by atoms with Gasteiger partial charge in [-0.25, -0.2) is 4.63 Å². The minimum atomic E-state index is -0.445. The molecule has 5 nitrogen and oxygen atoms in total. The third-order valence-corrected chi connectivity index (χ3v) is 3.54. The highest BCUT2D eigenvalue weighted by atomic mass is 35.5. The second kappa shape index (κ2) is 6.35. The van der Waals surface area contributed by atoms with Crippen molar-refractivity contribution in [3.8, 4) is 0 Å². The number of aromatic nitrogens is 2. The maximum absolute atomic E-state index is 9.65. The van der Waals surface area contributed by atoms with Gasteiger partial charge < -0.3 is 10.4 Å². The van der Waals surface area contributed by atoms with E-state index in [9.17, 15) is 5.11 Å². The predicted octanol–water partition coefficient (Wildman–Crippen LogP) is 2.11. The van der Waals surface area contributed by atoms with Crippen LogP contribution in [-0.4, -0.2) is 27.6 Å². The van der Waals surface area contributed by atoms with Crippen LogP contribution in [0.2, 0.25) is 5.02 Å². The van der Waals surface area contributed by atoms with Gasteiger partial charge in [0.1, 0.15) is 11.4 Å². The Labute approximate surface area is 122 Å². The number of aliphatic hydroxyl groups is 1. The van der Waals surface area contributed by atoms with E-state index in [1.165, 1.54) is 0 Å². The van der Waals surface area contributed by atoms with Crippen molar-refractivity contribution in [1.82, 2.24) is 15.6 Å². The van der Waals surface area contributed by atoms with Crippen molar-refractivity contribution in [2.75, 3.05) is 6.61 Å². The molecule has 2 rings (SSSR count). The zero-order chi connectivity index (χ0) is 14.6. The number of halogens is 1. The largest absolute Gasteiger partial charge is 0.394 e. The van der Waals surface area contributed by atoms with E-state index >= 15 is 0 Å². The summed E-state index contributed by atoms with van der Waals surface area (Å²) >= 11 is 5.87. The first-order valence-electron chi connectivity index (χ1n) is 6.41. The van der Waals surface area contributed by atoms with E-state index in [1.54, 1.807) is 0 Å². The molecule has 0 aliphatic carbocycles. The standard InChI is InChI=1S/C14H18ClN3O2/c1-10-13(18-20-17-10)8-16-14(2,9-19)7-11-3-5-12(15)6-4-11/h3-6,16,19H,7-9H2,1-2H3. The molecule has 0 spiro atoms. The molecule has 0 bridgehead atoms. The first-order valence-corrected chi connectivity index (χ1v) is 6.78. The van der Waals surface area contributed by atoms with Gasteiger partial charge in [-0.2, -0.15) is 0 Å². The molecular formula is C14H18ClN3O2. The molecule has 1 heterocycles. The fourth-order valence-corrected chi connectivity index (χ4v) is 2.06. The highest BCUT2D eigenvalue weighted by molar-refractivity contribution is 6.30. The van der Waals surface area contributed by atoms with Gasteiger partial charge in [0.25, 0.3) is 0 Å². The fourth-order valence-electron chi connectivity index (χ4n) is 1.93. The Morgan fingerprint density at radius 3 is 2.55 bits per heavy atom. The number of nitrogens with one attached hydrogen (secondary N) is 1. The zero-order valence-electron chi connectivity index (χ0n) is 11.6. The number of aryl methyl sites for hydroxylation is 1. The van der Waals surface area contributed by atoms with Crippen molar-refractivity contribution in [3.05, 3.63) is 46.2 Å². The second-order valence-electron chi connectivity index (χ2n) is 5.17. The lowest BCUT2D eigenvalue weighted by Crippen LogP contribution is -2.47. The van der Waals surface area contributed by atoms with Crippen LogP contribution in [0, 0.1) is 6.92 Å². The van der Waals surface area contributed by atoms with Gasteiger partial charge >= 0.3 is 0 Å². The van der Waals surface area contributed by atoms with Gasteiger partial charge in [-0.1, -0.05) is 34.0 Å². The summed E-state index contributed by atoms with van der Waals surface area (Å²) in [6.07, 6.45) is 0.686. The Bertz CT molecular complexity index is 556. The summed E-state index contributed by atoms with van der Waals surface area (Å²) in [4.78, 5) is 0. The van der Waals surface area contributed by atoms with E-state index in [2.05, 4.69) is 20.3 Å². The molecule has 0 radical (unpaired) electrons. The smallest absolute Gasteiger partial charge is 0.121 e. The van der Waals surface area contributed by atoms with Crippen LogP contribution in [0.25, 0.3) is 0 Å². The molecule has 1 aromatic heterocycles. The van der Waals surface area contributed by atoms with Gasteiger partial charge in [0.15, 0.2) is 0 Å². The van der Waals surface area contributed by atoms with Gasteiger partial charge in [-0.3, -0.25) is 0 Å². The Morgan fingerprint density at radius 2 is 2.00 bits per heavy atom. The number of nitrogens with zero attached hydrogens (tertiary/aromatic N) is 2. The van der Waals surface area contributed by atoms with Gasteiger partial charge in [0, 0.05) is 17.1 Å². The monoisotopic (exact) mass is 295 g/mol. The van der Waals surface area contributed by atoms with Gasteiger partial charge in [0.05, 0.1) is 6.61 Å². The van der Waals surface area contributed by atoms with Crippen molar-refractivity contribution >= 4 is 11.6 Å². The molecule has 0 saturated carbocycles. The molecule has 6 heteroatoms. The average Bonchev–Trinajstić information content (AvgIpc) is 2.85. The van der Waals surface area contributed by atoms with Crippen LogP contribution in [0.3, 0.4) is 0 Å². The van der Waals surface area contributed by atoms with E-state index in [0.717, 1.165) is 17.0 Å². The number of rotatable bonds is 6. The molecule has 2 N–H and O–H groups in total. The van der Waals surface area contributed by atoms with Crippen LogP contribution >= 0.6 is 11.6 Å². The summed E-state index contributed by atoms with van der Waals surface area (Å²) in [7, 11) is 0. The van der Waals surface area contributed by atoms with Crippen LogP contribution in [0.4, 0.5) is 0 Å². The van der Waals surface area contributed by atoms with Gasteiger partial charge in [-0.05, 0) is 38.0 Å². The maximum atomic E-state index is 9.65. The van der Waals surface area contributed by atoms with E-state index in [4.69, 9.17) is 11.6 Å². The molecule has 108 valence electrons. The SMILES string of the molecule is Cc1nonc1CNC(C)(CO)Cc1ccc(Cl)cc1. The molecule has 1 atom stereocenters. The minimum absolute atomic E-state index is 0.0138. The number of benzene rings is 1. The first-order chi connectivity index (χ1) is 9.52. The molecule has 1 unspecified atom stereocenters. The van der Waals surface area contributed by atoms with Crippen LogP contribution in [0.1, 0.15) is 23.9 Å². The summed E-state index contributed by atoms with van der Waals surface area (Å²) in [5.41, 5.74) is 2.16. The predicted molar refractivity (Wildman–Crippen MR) is 76.5 cm³/mol. The summed E-state index contributed by atoms with van der Waals surface area (Å²) in [6.45, 7) is 4.31. The Kier molecular flexibility index (Phi) is 4.75. The molecule has 2 aromatic rings. The summed E-state index contributed by atoms with van der Waals surface area (Å²) in [5, 5.41) is 21.2. The van der Waals surface area contributed by atoms with Gasteiger partial charge in [0.2, 0.25) is 0 Å². The second-order valence-corrected chi connectivity index (χ2v) is 5.61. The molecule has 20 heavy (non-hydrogen) atoms. The summed E-state index contributed by atoms with van der Waals surface area (Å²) in [5.74, 6) is 0. The summed E-state index contributed by atoms with van der Waals surface area (Å²) < 4.78 is 4.66. The topological polar surface area (TPSA) is 71.2 Å². The number of hydrogen-bond donors (Lipinski definition) is 2. The van der Waals surface area contributed by atoms with Crippen LogP contribution < -0.4 is 5.32 Å². The van der Waals surface area contributed by atoms with E-state index < -0.39 is 5.54 Å². The number of hydrogen-bond acceptors (Lipinski definition) is 5. The maximum Gasteiger partial charge on any atom is 0.121 e. The third-order valence-electron chi connectivity index (χ3n) is 3.29. The van der Waals surface area contributed by atoms with Crippen molar-refractivity contribution in [2.45, 2.75) is 32.4 Å². The highest BCUT2D eigenvalue weighted by Crippen LogP contribution is 2.16. The Balaban J connectivity index is 2.01. The van der Waals surface area contributed by atoms with Crippen molar-refractivity contribution in [1.29, 1.82) is 0 Å². The van der Waals surface area contributed by atoms with E-state index in [1.807, 2.05) is 38.1 Å². The molecule has 0 saturated heterocycles. The van der Waals surface area contributed by atoms with Crippen LogP contribution in [-0.2, 0) is 13.0 Å². The zero-order valence-corrected chi connectivity index (χ0v) is 12.3. The Morgan fingerprint density at radius 1 is 1.30 bits per heavy atom. The quantitative estimate of drug-likeness (QED) is 0.854. The van der Waals surface area contributed by atoms with Crippen molar-refractivity contribution in [3.63, 3.8) is 0 Å². The lowest BCUT2D eigenvalue weighted by molar-refractivity contribution is 0.171. The van der Waals surface area contributed by atoms with E-state index in [0.29, 0.717) is 18.0 Å². The lowest BCUT2D eigenvalue weighted by Gasteiger charge is -2.28. The van der Waals surface area contributed by atoms with Crippen LogP contribution in [0.15, 0.2) is 28.9 Å². The fraction of sp³-hybridized carbons (Fsp3) is 0.429. The minimum Gasteiger partial charge on any atom is -0.394 e. The summed E-state index contributed by atoms with van der Waals surface area (Å²) in [6, 6.07) is 7.61. The molecule has 0 aliphatic heterocycles. The van der Waals surface area contributed by atoms with E-state index in [-0.39, 0.29) is 6.61 Å². The lowest BCUT2D eigenvalue weighted by atomic mass is 9.93. The molecule has 0 amide bonds. The average molecular weight is 296 g/mol. The normalized spacial score (nSPS) is 14.2. The number of aliphatic hydroxyl groups excluding tert-OH is 1. The molecular weight excluding hydrogens is 278 g/mol. The highest BCUT2D eigenvalue weighted by Gasteiger charge is 2.24. The Hall–Kier alpha value is -1.43. The molecule has 0 aliphatic rings. The third kappa shape index (κ3) is 3.79. The van der Waals surface area contributed by atoms with Crippen LogP contribution in [0.5, 0.6) is 0 Å². The first kappa shape index (κ1) is 15.0. The molecule has 1 aromatic carbocycles. The molecule has 0 fully saturated rings. The van der Waals surface area contributed by atoms with Gasteiger partial charge in [-0.15, -0.1) is 0 Å². The van der Waals surface area contributed by atoms with Crippen molar-refractivity contribution < 1.29 is 9.74 Å². The van der Waals surface area contributed by atoms with Crippen molar-refractivity contribution in [2.24, 2.45) is 0 Å².